The maximum Gasteiger partial charge on any atom is 0.152 e. The van der Waals surface area contributed by atoms with Gasteiger partial charge in [0.1, 0.15) is 0 Å². The molecule has 1 aliphatic heterocycles. The molecule has 1 aliphatic rings. The van der Waals surface area contributed by atoms with Crippen molar-refractivity contribution in [3.8, 4) is 0 Å². The highest BCUT2D eigenvalue weighted by Crippen LogP contribution is 2.28. The Morgan fingerprint density at radius 3 is 2.52 bits per heavy atom. The number of halogens is 1. The molecule has 1 aromatic carbocycles. The lowest BCUT2D eigenvalue weighted by molar-refractivity contribution is 0.255. The molecule has 3 rings (SSSR count). The van der Waals surface area contributed by atoms with E-state index in [-0.39, 0.29) is 0 Å². The number of likely N-dealkylation sites (tertiary alicyclic amines) is 1. The summed E-state index contributed by atoms with van der Waals surface area (Å²) in [6, 6.07) is 8.65. The molecule has 1 saturated heterocycles. The number of nitrogens with zero attached hydrogens (tertiary/aromatic N) is 3. The molecule has 2 heterocycles. The summed E-state index contributed by atoms with van der Waals surface area (Å²) in [4.78, 5) is 11.1. The van der Waals surface area contributed by atoms with Gasteiger partial charge in [-0.05, 0) is 63.0 Å². The van der Waals surface area contributed by atoms with Crippen LogP contribution in [0.5, 0.6) is 0 Å². The average molecular weight is 331 g/mol. The van der Waals surface area contributed by atoms with Crippen molar-refractivity contribution in [2.75, 3.05) is 25.5 Å². The number of hydrogen-bond donors (Lipinski definition) is 1. The van der Waals surface area contributed by atoms with Crippen molar-refractivity contribution in [1.82, 2.24) is 14.9 Å². The highest BCUT2D eigenvalue weighted by atomic mass is 35.5. The molecule has 0 atom stereocenters. The molecule has 0 unspecified atom stereocenters. The second-order valence-corrected chi connectivity index (χ2v) is 6.53. The minimum atomic E-state index is 0.473. The molecule has 5 heteroatoms. The summed E-state index contributed by atoms with van der Waals surface area (Å²) in [6.45, 7) is 4.38. The van der Waals surface area contributed by atoms with E-state index in [1.807, 2.05) is 6.92 Å². The van der Waals surface area contributed by atoms with E-state index in [0.717, 1.165) is 17.8 Å². The van der Waals surface area contributed by atoms with E-state index in [9.17, 15) is 0 Å². The van der Waals surface area contributed by atoms with Crippen molar-refractivity contribution in [2.24, 2.45) is 0 Å². The smallest absolute Gasteiger partial charge is 0.152 e. The van der Waals surface area contributed by atoms with E-state index in [0.29, 0.717) is 16.9 Å². The first-order chi connectivity index (χ1) is 11.2. The van der Waals surface area contributed by atoms with Gasteiger partial charge in [-0.2, -0.15) is 0 Å². The molecule has 23 heavy (non-hydrogen) atoms. The maximum atomic E-state index is 6.12. The van der Waals surface area contributed by atoms with Gasteiger partial charge in [-0.3, -0.25) is 4.98 Å². The Kier molecular flexibility index (Phi) is 5.13. The second-order valence-electron chi connectivity index (χ2n) is 6.17. The predicted octanol–water partition coefficient (Wildman–Crippen LogP) is 4.25. The molecule has 0 radical (unpaired) electrons. The minimum absolute atomic E-state index is 0.473. The van der Waals surface area contributed by atoms with Gasteiger partial charge in [-0.25, -0.2) is 4.98 Å². The van der Waals surface area contributed by atoms with Gasteiger partial charge in [0, 0.05) is 5.69 Å². The van der Waals surface area contributed by atoms with Crippen molar-refractivity contribution in [3.63, 3.8) is 0 Å². The van der Waals surface area contributed by atoms with Gasteiger partial charge in [0.25, 0.3) is 0 Å². The molecule has 0 aliphatic carbocycles. The molecule has 1 N–H and O–H groups in total. The Morgan fingerprint density at radius 1 is 1.22 bits per heavy atom. The van der Waals surface area contributed by atoms with Gasteiger partial charge in [0.15, 0.2) is 11.0 Å². The first-order valence-corrected chi connectivity index (χ1v) is 8.60. The summed E-state index contributed by atoms with van der Waals surface area (Å²) in [7, 11) is 2.19. The molecule has 0 bridgehead atoms. The molecule has 122 valence electrons. The third-order valence-electron chi connectivity index (χ3n) is 4.51. The fraction of sp³-hybridized carbons (Fsp3) is 0.444. The van der Waals surface area contributed by atoms with Gasteiger partial charge in [0.2, 0.25) is 0 Å². The Balaban J connectivity index is 1.66. The fourth-order valence-electron chi connectivity index (χ4n) is 3.02. The number of piperidine rings is 1. The van der Waals surface area contributed by atoms with Crippen molar-refractivity contribution >= 4 is 23.1 Å². The largest absolute Gasteiger partial charge is 0.339 e. The monoisotopic (exact) mass is 330 g/mol. The van der Waals surface area contributed by atoms with Crippen molar-refractivity contribution in [1.29, 1.82) is 0 Å². The lowest BCUT2D eigenvalue weighted by Gasteiger charge is -2.29. The van der Waals surface area contributed by atoms with Crippen molar-refractivity contribution in [3.05, 3.63) is 46.9 Å². The summed E-state index contributed by atoms with van der Waals surface area (Å²) in [5, 5.41) is 3.74. The van der Waals surface area contributed by atoms with Crippen molar-refractivity contribution in [2.45, 2.75) is 32.1 Å². The topological polar surface area (TPSA) is 41.1 Å². The molecule has 1 fully saturated rings. The standard InChI is InChI=1S/C18H23ClN4/c1-3-16-18(19)22-17(12-20-16)21-15-6-4-13(5-7-15)14-8-10-23(2)11-9-14/h4-7,12,14H,3,8-11H2,1-2H3,(H,21,22). The number of aromatic nitrogens is 2. The highest BCUT2D eigenvalue weighted by molar-refractivity contribution is 6.30. The zero-order chi connectivity index (χ0) is 16.2. The first kappa shape index (κ1) is 16.2. The van der Waals surface area contributed by atoms with E-state index in [4.69, 9.17) is 11.6 Å². The third-order valence-corrected chi connectivity index (χ3v) is 4.81. The van der Waals surface area contributed by atoms with Crippen molar-refractivity contribution < 1.29 is 0 Å². The van der Waals surface area contributed by atoms with E-state index < -0.39 is 0 Å². The molecule has 2 aromatic rings. The summed E-state index contributed by atoms with van der Waals surface area (Å²) in [6.07, 6.45) is 5.00. The maximum absolute atomic E-state index is 6.12. The first-order valence-electron chi connectivity index (χ1n) is 8.22. The molecule has 1 aromatic heterocycles. The molecule has 4 nitrogen and oxygen atoms in total. The summed E-state index contributed by atoms with van der Waals surface area (Å²) in [5.41, 5.74) is 3.26. The van der Waals surface area contributed by atoms with Crippen LogP contribution in [0.15, 0.2) is 30.5 Å². The highest BCUT2D eigenvalue weighted by Gasteiger charge is 2.18. The number of anilines is 2. The van der Waals surface area contributed by atoms with Crippen LogP contribution < -0.4 is 5.32 Å². The summed E-state index contributed by atoms with van der Waals surface area (Å²) >= 11 is 6.12. The minimum Gasteiger partial charge on any atom is -0.339 e. The lowest BCUT2D eigenvalue weighted by atomic mass is 9.89. The molecule has 0 saturated carbocycles. The summed E-state index contributed by atoms with van der Waals surface area (Å²) < 4.78 is 0. The summed E-state index contributed by atoms with van der Waals surface area (Å²) in [5.74, 6) is 1.36. The van der Waals surface area contributed by atoms with E-state index in [2.05, 4.69) is 51.5 Å². The van der Waals surface area contributed by atoms with Crippen LogP contribution >= 0.6 is 11.6 Å². The SMILES string of the molecule is CCc1ncc(Nc2ccc(C3CCN(C)CC3)cc2)nc1Cl. The van der Waals surface area contributed by atoms with Crippen LogP contribution in [-0.2, 0) is 6.42 Å². The van der Waals surface area contributed by atoms with Gasteiger partial charge in [-0.1, -0.05) is 30.7 Å². The van der Waals surface area contributed by atoms with Crippen LogP contribution in [-0.4, -0.2) is 35.0 Å². The zero-order valence-corrected chi connectivity index (χ0v) is 14.5. The molecular formula is C18H23ClN4. The van der Waals surface area contributed by atoms with Crippen LogP contribution in [0.3, 0.4) is 0 Å². The van der Waals surface area contributed by atoms with Gasteiger partial charge in [0.05, 0.1) is 11.9 Å². The predicted molar refractivity (Wildman–Crippen MR) is 95.6 cm³/mol. The van der Waals surface area contributed by atoms with Crippen LogP contribution in [0.4, 0.5) is 11.5 Å². The van der Waals surface area contributed by atoms with E-state index in [1.165, 1.54) is 31.5 Å². The Bertz CT molecular complexity index is 649. The number of benzene rings is 1. The van der Waals surface area contributed by atoms with Crippen LogP contribution in [0.25, 0.3) is 0 Å². The number of rotatable bonds is 4. The average Bonchev–Trinajstić information content (AvgIpc) is 2.57. The van der Waals surface area contributed by atoms with E-state index >= 15 is 0 Å². The molecule has 0 amide bonds. The second kappa shape index (κ2) is 7.28. The number of hydrogen-bond acceptors (Lipinski definition) is 4. The Hall–Kier alpha value is -1.65. The molecular weight excluding hydrogens is 308 g/mol. The third kappa shape index (κ3) is 4.01. The van der Waals surface area contributed by atoms with Crippen LogP contribution in [0, 0.1) is 0 Å². The van der Waals surface area contributed by atoms with Crippen LogP contribution in [0.2, 0.25) is 5.15 Å². The number of aryl methyl sites for hydroxylation is 1. The fourth-order valence-corrected chi connectivity index (χ4v) is 3.29. The van der Waals surface area contributed by atoms with E-state index in [1.54, 1.807) is 6.20 Å². The van der Waals surface area contributed by atoms with Gasteiger partial charge in [-0.15, -0.1) is 0 Å². The molecule has 0 spiro atoms. The van der Waals surface area contributed by atoms with Crippen LogP contribution in [0.1, 0.15) is 36.9 Å². The van der Waals surface area contributed by atoms with Gasteiger partial charge >= 0.3 is 0 Å². The normalized spacial score (nSPS) is 16.5. The Labute approximate surface area is 142 Å². The Morgan fingerprint density at radius 2 is 1.91 bits per heavy atom. The van der Waals surface area contributed by atoms with Gasteiger partial charge < -0.3 is 10.2 Å². The quantitative estimate of drug-likeness (QED) is 0.910. The zero-order valence-electron chi connectivity index (χ0n) is 13.7. The lowest BCUT2D eigenvalue weighted by Crippen LogP contribution is -2.29. The number of nitrogens with one attached hydrogen (secondary N) is 1.